The van der Waals surface area contributed by atoms with E-state index in [1.807, 2.05) is 0 Å². The molecule has 2 amide bonds. The van der Waals surface area contributed by atoms with E-state index in [9.17, 15) is 14.4 Å². The number of nitrogens with zero attached hydrogens (tertiary/aromatic N) is 1. The number of hydrogen-bond donors (Lipinski definition) is 2. The average molecular weight is 304 g/mol. The first-order valence-corrected chi connectivity index (χ1v) is 6.53. The number of hydrogen-bond acceptors (Lipinski definition) is 7. The molecule has 1 saturated heterocycles. The summed E-state index contributed by atoms with van der Waals surface area (Å²) in [5, 5.41) is 8.39. The van der Waals surface area contributed by atoms with Gasteiger partial charge in [-0.15, -0.1) is 11.8 Å². The van der Waals surface area contributed by atoms with E-state index in [1.165, 1.54) is 23.8 Å². The molecule has 0 radical (unpaired) electrons. The number of carbonyl (C=O) groups is 3. The van der Waals surface area contributed by atoms with Gasteiger partial charge in [-0.2, -0.15) is 0 Å². The van der Waals surface area contributed by atoms with Crippen molar-refractivity contribution in [3.05, 3.63) is 11.5 Å². The van der Waals surface area contributed by atoms with Crippen LogP contribution >= 0.6 is 11.8 Å². The second kappa shape index (κ2) is 5.59. The molecule has 110 valence electrons. The van der Waals surface area contributed by atoms with E-state index in [0.29, 0.717) is 11.3 Å². The molecule has 0 aromatic rings. The third-order valence-corrected chi connectivity index (χ3v) is 4.09. The van der Waals surface area contributed by atoms with Crippen molar-refractivity contribution in [2.24, 2.45) is 5.73 Å². The molecule has 1 fully saturated rings. The minimum absolute atomic E-state index is 0.138. The van der Waals surface area contributed by atoms with Gasteiger partial charge in [0.2, 0.25) is 5.88 Å². The molecule has 0 aliphatic carbocycles. The van der Waals surface area contributed by atoms with Gasteiger partial charge in [0.05, 0.1) is 0 Å². The Bertz CT molecular complexity index is 492. The lowest BCUT2D eigenvalue weighted by molar-refractivity contribution is -0.162. The van der Waals surface area contributed by atoms with Crippen LogP contribution in [0.25, 0.3) is 0 Å². The van der Waals surface area contributed by atoms with Gasteiger partial charge < -0.3 is 25.1 Å². The van der Waals surface area contributed by atoms with Gasteiger partial charge in [-0.3, -0.25) is 9.69 Å². The van der Waals surface area contributed by atoms with E-state index in [0.717, 1.165) is 0 Å². The molecule has 0 bridgehead atoms. The van der Waals surface area contributed by atoms with Crippen molar-refractivity contribution in [1.82, 2.24) is 4.90 Å². The fourth-order valence-electron chi connectivity index (χ4n) is 1.92. The van der Waals surface area contributed by atoms with Crippen molar-refractivity contribution in [3.8, 4) is 0 Å². The zero-order chi connectivity index (χ0) is 14.9. The van der Waals surface area contributed by atoms with Crippen LogP contribution in [0.2, 0.25) is 0 Å². The summed E-state index contributed by atoms with van der Waals surface area (Å²) in [5.41, 5.74) is 5.21. The zero-order valence-electron chi connectivity index (χ0n) is 10.4. The van der Waals surface area contributed by atoms with Gasteiger partial charge in [-0.25, -0.2) is 9.59 Å². The smallest absolute Gasteiger partial charge is 0.449 e. The first-order chi connectivity index (χ1) is 9.45. The maximum atomic E-state index is 11.9. The van der Waals surface area contributed by atoms with Crippen LogP contribution in [0, 0.1) is 0 Å². The van der Waals surface area contributed by atoms with Crippen molar-refractivity contribution < 1.29 is 33.7 Å². The van der Waals surface area contributed by atoms with Gasteiger partial charge in [0.15, 0.2) is 6.10 Å². The Balaban J connectivity index is 2.22. The number of rotatable bonds is 4. The third-order valence-electron chi connectivity index (χ3n) is 2.77. The number of nitrogens with two attached hydrogens (primary N) is 1. The van der Waals surface area contributed by atoms with Crippen molar-refractivity contribution >= 4 is 29.9 Å². The normalized spacial score (nSPS) is 24.9. The molecular formula is C10H12N2O7S. The van der Waals surface area contributed by atoms with Crippen molar-refractivity contribution in [1.29, 1.82) is 0 Å². The highest BCUT2D eigenvalue weighted by Gasteiger charge is 2.53. The summed E-state index contributed by atoms with van der Waals surface area (Å²) in [4.78, 5) is 34.4. The number of β-lactam (4-membered cyclic amide) rings is 1. The van der Waals surface area contributed by atoms with Gasteiger partial charge >= 0.3 is 12.2 Å². The Morgan fingerprint density at radius 2 is 2.25 bits per heavy atom. The maximum absolute atomic E-state index is 11.9. The summed E-state index contributed by atoms with van der Waals surface area (Å²) >= 11 is 1.36. The highest BCUT2D eigenvalue weighted by molar-refractivity contribution is 8.00. The van der Waals surface area contributed by atoms with Crippen LogP contribution in [-0.2, 0) is 19.0 Å². The highest BCUT2D eigenvalue weighted by Crippen LogP contribution is 2.41. The molecule has 20 heavy (non-hydrogen) atoms. The predicted octanol–water partition coefficient (Wildman–Crippen LogP) is -0.0820. The molecule has 2 atom stereocenters. The predicted molar refractivity (Wildman–Crippen MR) is 65.6 cm³/mol. The Morgan fingerprint density at radius 1 is 1.55 bits per heavy atom. The Kier molecular flexibility index (Phi) is 4.04. The molecular weight excluding hydrogens is 292 g/mol. The zero-order valence-corrected chi connectivity index (χ0v) is 11.2. The first kappa shape index (κ1) is 14.5. The van der Waals surface area contributed by atoms with Crippen LogP contribution in [-0.4, -0.2) is 59.1 Å². The molecule has 1 unspecified atom stereocenters. The van der Waals surface area contributed by atoms with Gasteiger partial charge in [0.1, 0.15) is 12.0 Å². The molecule has 0 spiro atoms. The molecule has 3 N–H and O–H groups in total. The standard InChI is InChI=1S/C10H12N2O7S/c1-17-5-6(13)12-7(19-10(15)16)4(2-18-9(11)14)3-20-8(5)12/h5,8H,2-3H2,1H3,(H2,11,14)(H,15,16)/t5?,8-/m0/s1. The second-order valence-corrected chi connectivity index (χ2v) is 5.06. The molecule has 0 aromatic carbocycles. The lowest BCUT2D eigenvalue weighted by Crippen LogP contribution is -2.65. The number of methoxy groups -OCH3 is 1. The summed E-state index contributed by atoms with van der Waals surface area (Å²) in [6.45, 7) is -0.237. The molecule has 2 rings (SSSR count). The monoisotopic (exact) mass is 304 g/mol. The van der Waals surface area contributed by atoms with Crippen LogP contribution in [0.4, 0.5) is 9.59 Å². The van der Waals surface area contributed by atoms with E-state index in [-0.39, 0.29) is 17.9 Å². The number of ether oxygens (including phenoxy) is 3. The van der Waals surface area contributed by atoms with Gasteiger partial charge in [0, 0.05) is 18.4 Å². The van der Waals surface area contributed by atoms with Gasteiger partial charge in [0.25, 0.3) is 5.91 Å². The largest absolute Gasteiger partial charge is 0.512 e. The van der Waals surface area contributed by atoms with E-state index in [4.69, 9.17) is 15.6 Å². The Morgan fingerprint density at radius 3 is 2.80 bits per heavy atom. The van der Waals surface area contributed by atoms with Gasteiger partial charge in [-0.05, 0) is 0 Å². The topological polar surface area (TPSA) is 128 Å². The van der Waals surface area contributed by atoms with E-state index in [2.05, 4.69) is 9.47 Å². The van der Waals surface area contributed by atoms with E-state index in [1.54, 1.807) is 0 Å². The summed E-state index contributed by atoms with van der Waals surface area (Å²) in [6.07, 6.45) is -3.19. The first-order valence-electron chi connectivity index (χ1n) is 5.48. The minimum Gasteiger partial charge on any atom is -0.449 e. The fraction of sp³-hybridized carbons (Fsp3) is 0.500. The molecule has 10 heteroatoms. The molecule has 2 aliphatic rings. The number of amides is 2. The number of fused-ring (bicyclic) bond motifs is 1. The second-order valence-electron chi connectivity index (χ2n) is 3.95. The molecule has 9 nitrogen and oxygen atoms in total. The van der Waals surface area contributed by atoms with Crippen LogP contribution in [0.1, 0.15) is 0 Å². The number of primary amides is 1. The third kappa shape index (κ3) is 2.51. The van der Waals surface area contributed by atoms with Gasteiger partial charge in [-0.1, -0.05) is 0 Å². The van der Waals surface area contributed by atoms with Crippen LogP contribution < -0.4 is 5.73 Å². The quantitative estimate of drug-likeness (QED) is 0.545. The summed E-state index contributed by atoms with van der Waals surface area (Å²) in [7, 11) is 1.40. The van der Waals surface area contributed by atoms with E-state index < -0.39 is 24.3 Å². The average Bonchev–Trinajstić information content (AvgIpc) is 2.36. The van der Waals surface area contributed by atoms with Crippen molar-refractivity contribution in [2.75, 3.05) is 19.5 Å². The number of carboxylic acid groups (broad SMARTS) is 1. The molecule has 2 heterocycles. The van der Waals surface area contributed by atoms with E-state index >= 15 is 0 Å². The SMILES string of the molecule is COC1C(=O)N2C(OC(=O)O)=C(COC(N)=O)CS[C@@H]12. The van der Waals surface area contributed by atoms with Crippen molar-refractivity contribution in [2.45, 2.75) is 11.5 Å². The minimum atomic E-state index is -1.56. The fourth-order valence-corrected chi connectivity index (χ4v) is 3.25. The maximum Gasteiger partial charge on any atom is 0.512 e. The molecule has 0 saturated carbocycles. The summed E-state index contributed by atoms with van der Waals surface area (Å²) in [5.74, 6) is -0.206. The Hall–Kier alpha value is -1.94. The molecule has 0 aromatic heterocycles. The lowest BCUT2D eigenvalue weighted by Gasteiger charge is -2.48. The Labute approximate surface area is 117 Å². The molecule has 2 aliphatic heterocycles. The highest BCUT2D eigenvalue weighted by atomic mass is 32.2. The summed E-state index contributed by atoms with van der Waals surface area (Å²) < 4.78 is 14.3. The van der Waals surface area contributed by atoms with Crippen LogP contribution in [0.15, 0.2) is 11.5 Å². The number of thioether (sulfide) groups is 1. The number of carbonyl (C=O) groups excluding carboxylic acids is 2. The van der Waals surface area contributed by atoms with Crippen molar-refractivity contribution in [3.63, 3.8) is 0 Å². The lowest BCUT2D eigenvalue weighted by atomic mass is 10.1. The summed E-state index contributed by atoms with van der Waals surface area (Å²) in [6, 6.07) is 0. The van der Waals surface area contributed by atoms with Crippen LogP contribution in [0.3, 0.4) is 0 Å². The van der Waals surface area contributed by atoms with Crippen LogP contribution in [0.5, 0.6) is 0 Å².